The number of rotatable bonds is 4. The van der Waals surface area contributed by atoms with Crippen LogP contribution in [0.25, 0.3) is 5.69 Å². The molecule has 0 radical (unpaired) electrons. The van der Waals surface area contributed by atoms with Gasteiger partial charge in [-0.25, -0.2) is 9.69 Å². The summed E-state index contributed by atoms with van der Waals surface area (Å²) in [6.45, 7) is 3.81. The Balaban J connectivity index is 1.48. The molecule has 3 heterocycles. The Morgan fingerprint density at radius 3 is 2.66 bits per heavy atom. The number of benzene rings is 1. The molecule has 1 N–H and O–H groups in total. The molecular weight excluding hydrogens is 384 g/mol. The van der Waals surface area contributed by atoms with E-state index < -0.39 is 0 Å². The number of pyridine rings is 1. The zero-order valence-corrected chi connectivity index (χ0v) is 17.0. The predicted molar refractivity (Wildman–Crippen MR) is 114 cm³/mol. The molecule has 7 nitrogen and oxygen atoms in total. The molecule has 1 amide bonds. The minimum atomic E-state index is -0.0901. The van der Waals surface area contributed by atoms with Gasteiger partial charge in [-0.2, -0.15) is 5.10 Å². The van der Waals surface area contributed by atoms with Gasteiger partial charge in [-0.15, -0.1) is 0 Å². The summed E-state index contributed by atoms with van der Waals surface area (Å²) in [5, 5.41) is 11.7. The van der Waals surface area contributed by atoms with Gasteiger partial charge in [0.1, 0.15) is 0 Å². The van der Waals surface area contributed by atoms with Crippen LogP contribution in [-0.4, -0.2) is 48.9 Å². The first-order chi connectivity index (χ1) is 14.1. The average Bonchev–Trinajstić information content (AvgIpc) is 3.40. The van der Waals surface area contributed by atoms with E-state index >= 15 is 0 Å². The number of thiocarbonyl (C=S) groups is 1. The van der Waals surface area contributed by atoms with Crippen molar-refractivity contribution in [3.63, 3.8) is 0 Å². The number of hydrogen-bond acceptors (Lipinski definition) is 4. The van der Waals surface area contributed by atoms with Gasteiger partial charge in [0.25, 0.3) is 5.91 Å². The minimum absolute atomic E-state index is 0.0901. The third kappa shape index (κ3) is 3.97. The fourth-order valence-corrected chi connectivity index (χ4v) is 3.66. The van der Waals surface area contributed by atoms with E-state index in [9.17, 15) is 4.79 Å². The molecule has 1 aliphatic rings. The van der Waals surface area contributed by atoms with Crippen LogP contribution in [0.3, 0.4) is 0 Å². The molecule has 0 saturated carbocycles. The molecule has 1 saturated heterocycles. The SMILES string of the molecule is Cc1c(C(=O)N2CCCN2C(=S)NCc2cccnc2)cnn1-c1ccccc1. The van der Waals surface area contributed by atoms with Crippen molar-refractivity contribution >= 4 is 23.2 Å². The maximum Gasteiger partial charge on any atom is 0.275 e. The Bertz CT molecular complexity index is 1000. The molecule has 4 rings (SSSR count). The number of nitrogens with one attached hydrogen (secondary N) is 1. The maximum atomic E-state index is 13.2. The van der Waals surface area contributed by atoms with Crippen LogP contribution >= 0.6 is 12.2 Å². The molecule has 0 unspecified atom stereocenters. The molecule has 2 aromatic heterocycles. The van der Waals surface area contributed by atoms with Crippen LogP contribution in [0.2, 0.25) is 0 Å². The first kappa shape index (κ1) is 19.1. The van der Waals surface area contributed by atoms with Gasteiger partial charge in [0, 0.05) is 32.0 Å². The third-order valence-electron chi connectivity index (χ3n) is 4.91. The van der Waals surface area contributed by atoms with Crippen LogP contribution in [0.4, 0.5) is 0 Å². The smallest absolute Gasteiger partial charge is 0.275 e. The van der Waals surface area contributed by atoms with Crippen molar-refractivity contribution in [2.75, 3.05) is 13.1 Å². The van der Waals surface area contributed by atoms with Crippen LogP contribution in [0.1, 0.15) is 28.0 Å². The fourth-order valence-electron chi connectivity index (χ4n) is 3.39. The van der Waals surface area contributed by atoms with Crippen molar-refractivity contribution in [1.82, 2.24) is 30.1 Å². The molecule has 1 aromatic carbocycles. The second kappa shape index (κ2) is 8.40. The van der Waals surface area contributed by atoms with Gasteiger partial charge in [0.05, 0.1) is 23.1 Å². The van der Waals surface area contributed by atoms with E-state index in [2.05, 4.69) is 15.4 Å². The number of carbonyl (C=O) groups is 1. The molecule has 8 heteroatoms. The normalized spacial score (nSPS) is 13.6. The Morgan fingerprint density at radius 1 is 1.10 bits per heavy atom. The van der Waals surface area contributed by atoms with Gasteiger partial charge in [-0.1, -0.05) is 24.3 Å². The van der Waals surface area contributed by atoms with Crippen LogP contribution < -0.4 is 5.32 Å². The van der Waals surface area contributed by atoms with E-state index in [0.29, 0.717) is 30.3 Å². The minimum Gasteiger partial charge on any atom is -0.357 e. The van der Waals surface area contributed by atoms with Crippen LogP contribution in [-0.2, 0) is 6.54 Å². The summed E-state index contributed by atoms with van der Waals surface area (Å²) in [7, 11) is 0. The fraction of sp³-hybridized carbons (Fsp3) is 0.238. The largest absolute Gasteiger partial charge is 0.357 e. The maximum absolute atomic E-state index is 13.2. The van der Waals surface area contributed by atoms with Gasteiger partial charge in [0.2, 0.25) is 0 Å². The van der Waals surface area contributed by atoms with Crippen molar-refractivity contribution in [2.45, 2.75) is 19.9 Å². The van der Waals surface area contributed by atoms with E-state index in [4.69, 9.17) is 12.2 Å². The lowest BCUT2D eigenvalue weighted by Crippen LogP contribution is -2.49. The second-order valence-electron chi connectivity index (χ2n) is 6.82. The van der Waals surface area contributed by atoms with Crippen molar-refractivity contribution < 1.29 is 4.79 Å². The zero-order valence-electron chi connectivity index (χ0n) is 16.2. The Hall–Kier alpha value is -3.26. The summed E-state index contributed by atoms with van der Waals surface area (Å²) in [4.78, 5) is 17.3. The van der Waals surface area contributed by atoms with Gasteiger partial charge >= 0.3 is 0 Å². The highest BCUT2D eigenvalue weighted by Gasteiger charge is 2.31. The summed E-state index contributed by atoms with van der Waals surface area (Å²) in [6, 6.07) is 13.7. The first-order valence-electron chi connectivity index (χ1n) is 9.51. The van der Waals surface area contributed by atoms with Crippen molar-refractivity contribution in [1.29, 1.82) is 0 Å². The zero-order chi connectivity index (χ0) is 20.2. The lowest BCUT2D eigenvalue weighted by Gasteiger charge is -2.30. The highest BCUT2D eigenvalue weighted by atomic mass is 32.1. The molecule has 0 atom stereocenters. The monoisotopic (exact) mass is 406 g/mol. The summed E-state index contributed by atoms with van der Waals surface area (Å²) >= 11 is 5.55. The molecule has 148 valence electrons. The van der Waals surface area contributed by atoms with Gasteiger partial charge in [0.15, 0.2) is 5.11 Å². The van der Waals surface area contributed by atoms with E-state index in [0.717, 1.165) is 23.4 Å². The van der Waals surface area contributed by atoms with Crippen LogP contribution in [0.5, 0.6) is 0 Å². The summed E-state index contributed by atoms with van der Waals surface area (Å²) in [5.74, 6) is -0.0901. The number of hydrogen-bond donors (Lipinski definition) is 1. The quantitative estimate of drug-likeness (QED) is 0.672. The summed E-state index contributed by atoms with van der Waals surface area (Å²) in [6.07, 6.45) is 6.03. The molecule has 0 spiro atoms. The summed E-state index contributed by atoms with van der Waals surface area (Å²) < 4.78 is 1.78. The molecular formula is C21H22N6OS. The average molecular weight is 407 g/mol. The number of amides is 1. The van der Waals surface area contributed by atoms with Crippen LogP contribution in [0, 0.1) is 6.92 Å². The van der Waals surface area contributed by atoms with E-state index in [1.54, 1.807) is 28.3 Å². The van der Waals surface area contributed by atoms with Gasteiger partial charge < -0.3 is 5.32 Å². The topological polar surface area (TPSA) is 66.3 Å². The molecule has 3 aromatic rings. The van der Waals surface area contributed by atoms with Gasteiger partial charge in [-0.05, 0) is 49.3 Å². The second-order valence-corrected chi connectivity index (χ2v) is 7.20. The van der Waals surface area contributed by atoms with Crippen molar-refractivity contribution in [2.24, 2.45) is 0 Å². The van der Waals surface area contributed by atoms with E-state index in [-0.39, 0.29) is 5.91 Å². The molecule has 0 aliphatic carbocycles. The number of para-hydroxylation sites is 1. The standard InChI is InChI=1S/C21H22N6OS/c1-16-19(15-24-27(16)18-8-3-2-4-9-18)20(28)25-11-6-12-26(25)21(29)23-14-17-7-5-10-22-13-17/h2-5,7-10,13,15H,6,11-12,14H2,1H3,(H,23,29). The van der Waals surface area contributed by atoms with Gasteiger partial charge in [-0.3, -0.25) is 14.8 Å². The third-order valence-corrected chi connectivity index (χ3v) is 5.26. The molecule has 29 heavy (non-hydrogen) atoms. The predicted octanol–water partition coefficient (Wildman–Crippen LogP) is 2.71. The first-order valence-corrected chi connectivity index (χ1v) is 9.92. The molecule has 0 bridgehead atoms. The highest BCUT2D eigenvalue weighted by molar-refractivity contribution is 7.80. The summed E-state index contributed by atoms with van der Waals surface area (Å²) in [5.41, 5.74) is 3.35. The number of carbonyl (C=O) groups excluding carboxylic acids is 1. The Morgan fingerprint density at radius 2 is 1.90 bits per heavy atom. The van der Waals surface area contributed by atoms with E-state index in [1.807, 2.05) is 54.4 Å². The van der Waals surface area contributed by atoms with Crippen LogP contribution in [0.15, 0.2) is 61.1 Å². The number of nitrogens with zero attached hydrogens (tertiary/aromatic N) is 5. The lowest BCUT2D eigenvalue weighted by molar-refractivity contribution is 0.0490. The van der Waals surface area contributed by atoms with Crippen molar-refractivity contribution in [3.8, 4) is 5.69 Å². The Labute approximate surface area is 174 Å². The van der Waals surface area contributed by atoms with Crippen molar-refractivity contribution in [3.05, 3.63) is 77.9 Å². The van der Waals surface area contributed by atoms with E-state index in [1.165, 1.54) is 0 Å². The highest BCUT2D eigenvalue weighted by Crippen LogP contribution is 2.20. The number of aromatic nitrogens is 3. The molecule has 1 aliphatic heterocycles. The number of hydrazine groups is 1. The molecule has 1 fully saturated rings. The lowest BCUT2D eigenvalue weighted by atomic mass is 10.2. The Kier molecular flexibility index (Phi) is 5.53.